The molecule has 0 saturated heterocycles. The molecular weight excluding hydrogens is 236 g/mol. The lowest BCUT2D eigenvalue weighted by Crippen LogP contribution is -2.28. The molecule has 0 fully saturated rings. The quantitative estimate of drug-likeness (QED) is 0.874. The predicted octanol–water partition coefficient (Wildman–Crippen LogP) is 1.56. The molecule has 1 aromatic rings. The molecule has 0 amide bonds. The molecule has 1 atom stereocenters. The first-order valence-electron chi connectivity index (χ1n) is 7.30. The van der Waals surface area contributed by atoms with Crippen molar-refractivity contribution in [2.24, 2.45) is 5.92 Å². The van der Waals surface area contributed by atoms with Crippen LogP contribution in [0.1, 0.15) is 36.1 Å². The smallest absolute Gasteiger partial charge is 0.142 e. The number of rotatable bonds is 5. The van der Waals surface area contributed by atoms with Crippen LogP contribution in [0.15, 0.2) is 0 Å². The Bertz CT molecular complexity index is 428. The number of aryl methyl sites for hydroxylation is 2. The molecule has 1 heterocycles. The van der Waals surface area contributed by atoms with E-state index in [0.29, 0.717) is 0 Å². The van der Waals surface area contributed by atoms with Crippen LogP contribution in [0.5, 0.6) is 0 Å². The van der Waals surface area contributed by atoms with Crippen LogP contribution in [-0.2, 0) is 19.4 Å². The van der Waals surface area contributed by atoms with E-state index < -0.39 is 0 Å². The van der Waals surface area contributed by atoms with Gasteiger partial charge in [-0.25, -0.2) is 9.97 Å². The summed E-state index contributed by atoms with van der Waals surface area (Å²) in [5.74, 6) is 1.71. The lowest BCUT2D eigenvalue weighted by Gasteiger charge is -2.25. The Morgan fingerprint density at radius 1 is 1.32 bits per heavy atom. The summed E-state index contributed by atoms with van der Waals surface area (Å²) in [6.07, 6.45) is 3.49. The van der Waals surface area contributed by atoms with Gasteiger partial charge in [-0.1, -0.05) is 6.92 Å². The molecule has 1 aliphatic carbocycles. The molecule has 0 saturated carbocycles. The Morgan fingerprint density at radius 2 is 2.11 bits per heavy atom. The largest absolute Gasteiger partial charge is 0.317 e. The topological polar surface area (TPSA) is 41.1 Å². The first kappa shape index (κ1) is 14.4. The minimum absolute atomic E-state index is 0.745. The highest BCUT2D eigenvalue weighted by Gasteiger charge is 2.22. The maximum Gasteiger partial charge on any atom is 0.142 e. The van der Waals surface area contributed by atoms with Crippen LogP contribution in [-0.4, -0.2) is 42.1 Å². The molecule has 1 N–H and O–H groups in total. The Morgan fingerprint density at radius 3 is 2.79 bits per heavy atom. The second-order valence-electron chi connectivity index (χ2n) is 5.80. The summed E-state index contributed by atoms with van der Waals surface area (Å²) in [5, 5.41) is 3.46. The van der Waals surface area contributed by atoms with Gasteiger partial charge in [-0.3, -0.25) is 0 Å². The van der Waals surface area contributed by atoms with Crippen molar-refractivity contribution in [3.8, 4) is 0 Å². The van der Waals surface area contributed by atoms with Gasteiger partial charge in [0.05, 0.1) is 6.54 Å². The fourth-order valence-corrected chi connectivity index (χ4v) is 2.80. The van der Waals surface area contributed by atoms with Crippen LogP contribution in [0.3, 0.4) is 0 Å². The van der Waals surface area contributed by atoms with E-state index in [1.807, 2.05) is 0 Å². The Hall–Kier alpha value is -1.00. The highest BCUT2D eigenvalue weighted by molar-refractivity contribution is 5.28. The van der Waals surface area contributed by atoms with Gasteiger partial charge in [0, 0.05) is 11.4 Å². The van der Waals surface area contributed by atoms with Gasteiger partial charge in [-0.15, -0.1) is 0 Å². The maximum atomic E-state index is 4.76. The Kier molecular flexibility index (Phi) is 4.88. The van der Waals surface area contributed by atoms with Crippen LogP contribution >= 0.6 is 0 Å². The molecule has 0 radical (unpaired) electrons. The van der Waals surface area contributed by atoms with Gasteiger partial charge < -0.3 is 10.2 Å². The number of hydrogen-bond acceptors (Lipinski definition) is 4. The Balaban J connectivity index is 2.12. The first-order chi connectivity index (χ1) is 9.10. The molecular formula is C15H26N4. The minimum Gasteiger partial charge on any atom is -0.317 e. The van der Waals surface area contributed by atoms with Crippen molar-refractivity contribution in [2.45, 2.75) is 39.7 Å². The van der Waals surface area contributed by atoms with Gasteiger partial charge in [0.2, 0.25) is 0 Å². The predicted molar refractivity (Wildman–Crippen MR) is 78.2 cm³/mol. The molecule has 1 aliphatic rings. The van der Waals surface area contributed by atoms with Crippen LogP contribution in [0, 0.1) is 12.8 Å². The number of hydrogen-bond donors (Lipinski definition) is 1. The van der Waals surface area contributed by atoms with Crippen molar-refractivity contribution < 1.29 is 0 Å². The zero-order valence-corrected chi connectivity index (χ0v) is 12.7. The summed E-state index contributed by atoms with van der Waals surface area (Å²) in [4.78, 5) is 11.5. The number of aromatic nitrogens is 2. The number of fused-ring (bicyclic) bond motifs is 1. The van der Waals surface area contributed by atoms with E-state index in [9.17, 15) is 0 Å². The van der Waals surface area contributed by atoms with Gasteiger partial charge >= 0.3 is 0 Å². The van der Waals surface area contributed by atoms with Gasteiger partial charge in [-0.05, 0) is 64.9 Å². The van der Waals surface area contributed by atoms with E-state index in [0.717, 1.165) is 44.2 Å². The van der Waals surface area contributed by atoms with Crippen molar-refractivity contribution in [2.75, 3.05) is 27.2 Å². The molecule has 0 aliphatic heterocycles. The highest BCUT2D eigenvalue weighted by atomic mass is 15.1. The normalized spacial score (nSPS) is 18.7. The van der Waals surface area contributed by atoms with E-state index in [4.69, 9.17) is 4.98 Å². The minimum atomic E-state index is 0.745. The van der Waals surface area contributed by atoms with Gasteiger partial charge in [-0.2, -0.15) is 0 Å². The first-order valence-corrected chi connectivity index (χ1v) is 7.30. The van der Waals surface area contributed by atoms with Crippen LogP contribution in [0.4, 0.5) is 0 Å². The SMILES string of the molecule is CCNCC1CCc2nc(CN(C)C)nc(C)c2C1. The van der Waals surface area contributed by atoms with Crippen LogP contribution < -0.4 is 5.32 Å². The van der Waals surface area contributed by atoms with Gasteiger partial charge in [0.25, 0.3) is 0 Å². The van der Waals surface area contributed by atoms with E-state index >= 15 is 0 Å². The zero-order valence-electron chi connectivity index (χ0n) is 12.7. The molecule has 4 heteroatoms. The molecule has 4 nitrogen and oxygen atoms in total. The molecule has 106 valence electrons. The monoisotopic (exact) mass is 262 g/mol. The number of nitrogens with one attached hydrogen (secondary N) is 1. The number of nitrogens with zero attached hydrogens (tertiary/aromatic N) is 3. The summed E-state index contributed by atoms with van der Waals surface area (Å²) >= 11 is 0. The summed E-state index contributed by atoms with van der Waals surface area (Å²) < 4.78 is 0. The lowest BCUT2D eigenvalue weighted by molar-refractivity contribution is 0.384. The third kappa shape index (κ3) is 3.74. The standard InChI is InChI=1S/C15H26N4/c1-5-16-9-12-6-7-14-13(8-12)11(2)17-15(18-14)10-19(3)4/h12,16H,5-10H2,1-4H3. The van der Waals surface area contributed by atoms with E-state index in [1.165, 1.54) is 23.4 Å². The molecule has 0 spiro atoms. The third-order valence-corrected chi connectivity index (χ3v) is 3.77. The second-order valence-corrected chi connectivity index (χ2v) is 5.80. The van der Waals surface area contributed by atoms with Crippen molar-refractivity contribution >= 4 is 0 Å². The summed E-state index contributed by atoms with van der Waals surface area (Å²) in [6, 6.07) is 0. The summed E-state index contributed by atoms with van der Waals surface area (Å²) in [5.41, 5.74) is 3.87. The maximum absolute atomic E-state index is 4.76. The molecule has 1 unspecified atom stereocenters. The molecule has 0 aromatic carbocycles. The molecule has 0 bridgehead atoms. The second kappa shape index (κ2) is 6.44. The van der Waals surface area contributed by atoms with E-state index in [2.05, 4.69) is 43.1 Å². The van der Waals surface area contributed by atoms with Gasteiger partial charge in [0.1, 0.15) is 5.82 Å². The average Bonchev–Trinajstić information content (AvgIpc) is 2.36. The van der Waals surface area contributed by atoms with E-state index in [1.54, 1.807) is 0 Å². The summed E-state index contributed by atoms with van der Waals surface area (Å²) in [7, 11) is 4.12. The highest BCUT2D eigenvalue weighted by Crippen LogP contribution is 2.26. The van der Waals surface area contributed by atoms with Crippen molar-refractivity contribution in [3.63, 3.8) is 0 Å². The zero-order chi connectivity index (χ0) is 13.8. The average molecular weight is 262 g/mol. The Labute approximate surface area is 116 Å². The van der Waals surface area contributed by atoms with Crippen LogP contribution in [0.25, 0.3) is 0 Å². The van der Waals surface area contributed by atoms with Crippen molar-refractivity contribution in [3.05, 3.63) is 22.8 Å². The fraction of sp³-hybridized carbons (Fsp3) is 0.733. The molecule has 19 heavy (non-hydrogen) atoms. The van der Waals surface area contributed by atoms with Crippen LogP contribution in [0.2, 0.25) is 0 Å². The molecule has 1 aromatic heterocycles. The van der Waals surface area contributed by atoms with Crippen molar-refractivity contribution in [1.29, 1.82) is 0 Å². The summed E-state index contributed by atoms with van der Waals surface area (Å²) in [6.45, 7) is 7.30. The van der Waals surface area contributed by atoms with E-state index in [-0.39, 0.29) is 0 Å². The van der Waals surface area contributed by atoms with Crippen molar-refractivity contribution in [1.82, 2.24) is 20.2 Å². The lowest BCUT2D eigenvalue weighted by atomic mass is 9.85. The fourth-order valence-electron chi connectivity index (χ4n) is 2.80. The molecule has 2 rings (SSSR count). The third-order valence-electron chi connectivity index (χ3n) is 3.77. The van der Waals surface area contributed by atoms with Gasteiger partial charge in [0.15, 0.2) is 0 Å².